The van der Waals surface area contributed by atoms with Crippen LogP contribution in [0.2, 0.25) is 5.02 Å². The van der Waals surface area contributed by atoms with Crippen molar-refractivity contribution in [2.24, 2.45) is 0 Å². The average molecular weight is 635 g/mol. The van der Waals surface area contributed by atoms with Crippen LogP contribution in [-0.2, 0) is 4.74 Å². The molecule has 3 aromatic heterocycles. The van der Waals surface area contributed by atoms with E-state index in [1.165, 1.54) is 15.5 Å². The predicted octanol–water partition coefficient (Wildman–Crippen LogP) is 6.97. The van der Waals surface area contributed by atoms with Crippen LogP contribution in [0.25, 0.3) is 34.1 Å². The normalized spacial score (nSPS) is 16.1. The van der Waals surface area contributed by atoms with Gasteiger partial charge in [0.05, 0.1) is 36.3 Å². The molecule has 0 aliphatic carbocycles. The number of fused-ring (bicyclic) bond motifs is 1. The highest BCUT2D eigenvalue weighted by Gasteiger charge is 2.35. The Labute approximate surface area is 270 Å². The molecule has 11 heteroatoms. The Balaban J connectivity index is 1.77. The van der Waals surface area contributed by atoms with Crippen molar-refractivity contribution >= 4 is 40.6 Å². The molecule has 236 valence electrons. The molecule has 0 radical (unpaired) electrons. The molecule has 1 fully saturated rings. The molecule has 0 saturated carbocycles. The van der Waals surface area contributed by atoms with Crippen LogP contribution >= 0.6 is 11.6 Å². The molecule has 0 N–H and O–H groups in total. The number of benzene rings is 1. The number of pyridine rings is 2. The Morgan fingerprint density at radius 1 is 1.24 bits per heavy atom. The lowest BCUT2D eigenvalue weighted by atomic mass is 10.0. The lowest BCUT2D eigenvalue weighted by molar-refractivity contribution is 0.0208. The maximum absolute atomic E-state index is 14.7. The van der Waals surface area contributed by atoms with E-state index in [9.17, 15) is 14.0 Å². The van der Waals surface area contributed by atoms with Crippen LogP contribution in [0.4, 0.5) is 15.0 Å². The summed E-state index contributed by atoms with van der Waals surface area (Å²) < 4.78 is 37.1. The van der Waals surface area contributed by atoms with Gasteiger partial charge < -0.3 is 14.5 Å². The molecule has 0 bridgehead atoms. The summed E-state index contributed by atoms with van der Waals surface area (Å²) in [5.41, 5.74) is 2.34. The summed E-state index contributed by atoms with van der Waals surface area (Å²) in [6.45, 7) is 10.4. The number of hydrogen-bond acceptors (Lipinski definition) is 7. The molecule has 1 saturated heterocycles. The van der Waals surface area contributed by atoms with Crippen LogP contribution in [0.15, 0.2) is 53.9 Å². The van der Waals surface area contributed by atoms with Gasteiger partial charge in [-0.15, -0.1) is 0 Å². The van der Waals surface area contributed by atoms with E-state index in [0.29, 0.717) is 33.6 Å². The maximum atomic E-state index is 14.7. The third kappa shape index (κ3) is 6.29. The van der Waals surface area contributed by atoms with E-state index in [2.05, 4.69) is 9.97 Å². The molecule has 1 aromatic carbocycles. The lowest BCUT2D eigenvalue weighted by Crippen LogP contribution is -2.57. The summed E-state index contributed by atoms with van der Waals surface area (Å²) in [7, 11) is 0. The smallest absolute Gasteiger partial charge is 0.410 e. The van der Waals surface area contributed by atoms with Crippen molar-refractivity contribution in [2.45, 2.75) is 59.1 Å². The van der Waals surface area contributed by atoms with Crippen LogP contribution in [0.5, 0.6) is 0 Å². The molecule has 1 atom stereocenters. The van der Waals surface area contributed by atoms with Crippen LogP contribution in [0, 0.1) is 6.92 Å². The largest absolute Gasteiger partial charge is 0.444 e. The SMILES string of the molecule is [2H]C([2H])=Cc1ccccc1-c1nc2c(cc1Cl)c(N1CCN(C(=O)OC(C)(C)C)C[C@@H]1CF)nc(=O)n2-c1c(C)ccnc1C(C)C. The molecular weight excluding hydrogens is 595 g/mol. The van der Waals surface area contributed by atoms with E-state index >= 15 is 0 Å². The van der Waals surface area contributed by atoms with Gasteiger partial charge in [-0.1, -0.05) is 62.3 Å². The molecule has 1 aliphatic heterocycles. The molecule has 5 rings (SSSR count). The van der Waals surface area contributed by atoms with Gasteiger partial charge >= 0.3 is 11.8 Å². The number of rotatable bonds is 6. The Morgan fingerprint density at radius 2 is 2.00 bits per heavy atom. The number of anilines is 1. The first kappa shape index (κ1) is 29.4. The first-order valence-electron chi connectivity index (χ1n) is 15.8. The van der Waals surface area contributed by atoms with E-state index < -0.39 is 36.6 Å². The number of amides is 1. The second-order valence-corrected chi connectivity index (χ2v) is 12.8. The van der Waals surface area contributed by atoms with Gasteiger partial charge in [0.1, 0.15) is 18.1 Å². The van der Waals surface area contributed by atoms with E-state index in [1.54, 1.807) is 62.2 Å². The molecule has 1 amide bonds. The minimum atomic E-state index is -0.814. The minimum Gasteiger partial charge on any atom is -0.444 e. The summed E-state index contributed by atoms with van der Waals surface area (Å²) in [6.07, 6.45) is 2.54. The third-order valence-electron chi connectivity index (χ3n) is 7.68. The van der Waals surface area contributed by atoms with Gasteiger partial charge in [0.15, 0.2) is 5.65 Å². The van der Waals surface area contributed by atoms with Crippen LogP contribution < -0.4 is 10.6 Å². The van der Waals surface area contributed by atoms with Gasteiger partial charge in [0.25, 0.3) is 0 Å². The first-order valence-corrected chi connectivity index (χ1v) is 15.2. The zero-order valence-corrected chi connectivity index (χ0v) is 27.0. The topological polar surface area (TPSA) is 93.5 Å². The van der Waals surface area contributed by atoms with Crippen molar-refractivity contribution in [2.75, 3.05) is 31.2 Å². The van der Waals surface area contributed by atoms with Gasteiger partial charge in [-0.2, -0.15) is 4.98 Å². The number of carbonyl (C=O) groups excluding carboxylic acids is 1. The zero-order valence-electron chi connectivity index (χ0n) is 28.3. The van der Waals surface area contributed by atoms with E-state index in [1.807, 2.05) is 26.8 Å². The molecule has 9 nitrogen and oxygen atoms in total. The summed E-state index contributed by atoms with van der Waals surface area (Å²) in [5, 5.41) is 0.648. The highest BCUT2D eigenvalue weighted by Crippen LogP contribution is 2.37. The van der Waals surface area contributed by atoms with Crippen molar-refractivity contribution in [1.82, 2.24) is 24.4 Å². The van der Waals surface area contributed by atoms with Gasteiger partial charge in [-0.05, 0) is 56.9 Å². The number of piperazine rings is 1. The second kappa shape index (κ2) is 12.6. The fourth-order valence-electron chi connectivity index (χ4n) is 5.60. The number of hydrogen-bond donors (Lipinski definition) is 0. The molecule has 4 heterocycles. The number of nitrogens with zero attached hydrogens (tertiary/aromatic N) is 6. The fraction of sp³-hybridized carbons (Fsp3) is 0.382. The van der Waals surface area contributed by atoms with E-state index in [4.69, 9.17) is 24.1 Å². The molecule has 0 unspecified atom stereocenters. The fourth-order valence-corrected chi connectivity index (χ4v) is 5.85. The highest BCUT2D eigenvalue weighted by molar-refractivity contribution is 6.34. The van der Waals surface area contributed by atoms with Crippen molar-refractivity contribution in [3.63, 3.8) is 0 Å². The number of carbonyl (C=O) groups is 1. The van der Waals surface area contributed by atoms with Crippen LogP contribution in [-0.4, -0.2) is 68.5 Å². The maximum Gasteiger partial charge on any atom is 0.410 e. The Morgan fingerprint density at radius 3 is 2.69 bits per heavy atom. The molecule has 0 spiro atoms. The number of halogens is 2. The minimum absolute atomic E-state index is 0.0262. The van der Waals surface area contributed by atoms with Crippen LogP contribution in [0.1, 0.15) is 60.1 Å². The average Bonchev–Trinajstić information content (AvgIpc) is 3.00. The standard InChI is InChI=1S/C34H38ClFN6O3/c1-8-22-11-9-10-12-24(22)28-26(35)17-25-30(41-16-15-40(19-23(41)18-36)33(44)45-34(5,6)7)39-32(43)42(31(25)38-28)29-21(4)13-14-37-27(29)20(2)3/h8-14,17,20,23H,1,15-16,18-19H2,2-7H3/t23-/m0/s1/i1D2. The van der Waals surface area contributed by atoms with E-state index in [-0.39, 0.29) is 42.0 Å². The zero-order chi connectivity index (χ0) is 34.2. The number of aromatic nitrogens is 4. The molecule has 1 aliphatic rings. The van der Waals surface area contributed by atoms with Crippen molar-refractivity contribution in [1.29, 1.82) is 0 Å². The summed E-state index contributed by atoms with van der Waals surface area (Å²) in [4.78, 5) is 44.3. The molecular formula is C34H38ClFN6O3. The molecule has 45 heavy (non-hydrogen) atoms. The van der Waals surface area contributed by atoms with Crippen molar-refractivity contribution in [3.8, 4) is 16.9 Å². The van der Waals surface area contributed by atoms with Crippen LogP contribution in [0.3, 0.4) is 0 Å². The quantitative estimate of drug-likeness (QED) is 0.226. The van der Waals surface area contributed by atoms with Gasteiger partial charge in [-0.25, -0.2) is 23.5 Å². The second-order valence-electron chi connectivity index (χ2n) is 12.4. The predicted molar refractivity (Wildman–Crippen MR) is 177 cm³/mol. The van der Waals surface area contributed by atoms with E-state index in [0.717, 1.165) is 5.56 Å². The number of aryl methyl sites for hydroxylation is 1. The highest BCUT2D eigenvalue weighted by atomic mass is 35.5. The van der Waals surface area contributed by atoms with Gasteiger partial charge in [-0.3, -0.25) is 4.98 Å². The Kier molecular flexibility index (Phi) is 8.23. The van der Waals surface area contributed by atoms with Crippen molar-refractivity contribution < 1.29 is 16.7 Å². The Hall–Kier alpha value is -4.31. The van der Waals surface area contributed by atoms with Gasteiger partial charge in [0, 0.05) is 31.4 Å². The summed E-state index contributed by atoms with van der Waals surface area (Å²) >= 11 is 6.94. The lowest BCUT2D eigenvalue weighted by Gasteiger charge is -2.41. The summed E-state index contributed by atoms with van der Waals surface area (Å²) in [5.74, 6) is 0.155. The third-order valence-corrected chi connectivity index (χ3v) is 7.97. The number of alkyl halides is 1. The van der Waals surface area contributed by atoms with Gasteiger partial charge in [0.2, 0.25) is 0 Å². The monoisotopic (exact) mass is 634 g/mol. The number of ether oxygens (including phenoxy) is 1. The molecule has 4 aromatic rings. The van der Waals surface area contributed by atoms with Crippen molar-refractivity contribution in [3.05, 3.63) is 81.5 Å². The first-order chi connectivity index (χ1) is 22.2. The Bertz CT molecular complexity index is 1920. The summed E-state index contributed by atoms with van der Waals surface area (Å²) in [6, 6.07) is 9.77.